The zero-order valence-electron chi connectivity index (χ0n) is 11.9. The van der Waals surface area contributed by atoms with E-state index in [4.69, 9.17) is 0 Å². The zero-order valence-corrected chi connectivity index (χ0v) is 12.7. The van der Waals surface area contributed by atoms with E-state index in [1.807, 2.05) is 0 Å². The fraction of sp³-hybridized carbons (Fsp3) is 0. The zero-order chi connectivity index (χ0) is 16.4. The molecule has 0 bridgehead atoms. The lowest BCUT2D eigenvalue weighted by atomic mass is 10.1. The van der Waals surface area contributed by atoms with Crippen LogP contribution < -0.4 is 0 Å². The van der Waals surface area contributed by atoms with E-state index >= 15 is 0 Å². The molecule has 0 fully saturated rings. The van der Waals surface area contributed by atoms with Crippen molar-refractivity contribution in [3.63, 3.8) is 0 Å². The number of aliphatic imine (C=N–C) groups is 1. The van der Waals surface area contributed by atoms with E-state index in [9.17, 15) is 18.1 Å². The molecule has 0 aromatic heterocycles. The van der Waals surface area contributed by atoms with E-state index in [1.54, 1.807) is 48.5 Å². The molecular formula is C17H13NO4S. The first kappa shape index (κ1) is 15.2. The summed E-state index contributed by atoms with van der Waals surface area (Å²) in [5, 5.41) is 10.7. The van der Waals surface area contributed by atoms with Gasteiger partial charge in [0.1, 0.15) is 10.6 Å². The number of para-hydroxylation sites is 1. The summed E-state index contributed by atoms with van der Waals surface area (Å²) in [6, 6.07) is 16.4. The Balaban J connectivity index is 2.21. The minimum atomic E-state index is -4.37. The average molecular weight is 327 g/mol. The van der Waals surface area contributed by atoms with Crippen molar-refractivity contribution in [1.82, 2.24) is 0 Å². The number of rotatable bonds is 3. The summed E-state index contributed by atoms with van der Waals surface area (Å²) in [5.41, 5.74) is 0.896. The van der Waals surface area contributed by atoms with Gasteiger partial charge < -0.3 is 5.11 Å². The third-order valence-electron chi connectivity index (χ3n) is 3.40. The molecule has 0 aliphatic heterocycles. The Morgan fingerprint density at radius 1 is 0.913 bits per heavy atom. The maximum Gasteiger partial charge on any atom is 0.295 e. The Labute approximate surface area is 133 Å². The molecule has 0 amide bonds. The number of phenols is 1. The molecule has 0 atom stereocenters. The van der Waals surface area contributed by atoms with Crippen LogP contribution in [0, 0.1) is 0 Å². The van der Waals surface area contributed by atoms with Crippen LogP contribution in [0.1, 0.15) is 5.56 Å². The first-order valence-electron chi connectivity index (χ1n) is 6.78. The van der Waals surface area contributed by atoms with Crippen molar-refractivity contribution in [1.29, 1.82) is 0 Å². The van der Waals surface area contributed by atoms with Crippen molar-refractivity contribution >= 4 is 32.8 Å². The maximum absolute atomic E-state index is 11.6. The molecule has 0 spiro atoms. The lowest BCUT2D eigenvalue weighted by Crippen LogP contribution is -1.99. The summed E-state index contributed by atoms with van der Waals surface area (Å²) in [6.07, 6.45) is 1.45. The van der Waals surface area contributed by atoms with Gasteiger partial charge in [-0.15, -0.1) is 0 Å². The Kier molecular flexibility index (Phi) is 3.85. The Morgan fingerprint density at radius 3 is 2.30 bits per heavy atom. The van der Waals surface area contributed by atoms with Gasteiger partial charge in [0.05, 0.1) is 5.69 Å². The summed E-state index contributed by atoms with van der Waals surface area (Å²) in [6.45, 7) is 0. The highest BCUT2D eigenvalue weighted by Crippen LogP contribution is 2.32. The third-order valence-corrected chi connectivity index (χ3v) is 4.30. The van der Waals surface area contributed by atoms with E-state index < -0.39 is 10.1 Å². The first-order valence-corrected chi connectivity index (χ1v) is 8.22. The number of benzene rings is 3. The van der Waals surface area contributed by atoms with E-state index in [-0.39, 0.29) is 10.6 Å². The molecule has 23 heavy (non-hydrogen) atoms. The van der Waals surface area contributed by atoms with Gasteiger partial charge in [-0.05, 0) is 29.7 Å². The summed E-state index contributed by atoms with van der Waals surface area (Å²) in [4.78, 5) is 4.08. The van der Waals surface area contributed by atoms with Crippen LogP contribution in [-0.2, 0) is 10.1 Å². The lowest BCUT2D eigenvalue weighted by Gasteiger charge is -2.07. The molecule has 5 nitrogen and oxygen atoms in total. The number of fused-ring (bicyclic) bond motifs is 1. The van der Waals surface area contributed by atoms with Crippen LogP contribution in [0.5, 0.6) is 5.75 Å². The topological polar surface area (TPSA) is 87.0 Å². The van der Waals surface area contributed by atoms with E-state index in [2.05, 4.69) is 4.99 Å². The standard InChI is InChI=1S/C17H13NO4S/c19-15-9-2-1-5-13(15)11-18-14-8-3-6-12-7-4-10-16(17(12)14)23(20,21)22/h1-11,19H,(H,20,21,22). The van der Waals surface area contributed by atoms with Crippen LogP contribution in [0.4, 0.5) is 5.69 Å². The number of hydrogen-bond donors (Lipinski definition) is 2. The summed E-state index contributed by atoms with van der Waals surface area (Å²) in [5.74, 6) is 0.0755. The highest BCUT2D eigenvalue weighted by molar-refractivity contribution is 7.86. The largest absolute Gasteiger partial charge is 0.507 e. The second-order valence-electron chi connectivity index (χ2n) is 4.92. The predicted octanol–water partition coefficient (Wildman–Crippen LogP) is 3.54. The number of hydrogen-bond acceptors (Lipinski definition) is 4. The molecule has 0 heterocycles. The van der Waals surface area contributed by atoms with Crippen LogP contribution >= 0.6 is 0 Å². The molecule has 116 valence electrons. The van der Waals surface area contributed by atoms with Gasteiger partial charge >= 0.3 is 0 Å². The second-order valence-corrected chi connectivity index (χ2v) is 6.31. The number of phenolic OH excluding ortho intramolecular Hbond substituents is 1. The smallest absolute Gasteiger partial charge is 0.295 e. The van der Waals surface area contributed by atoms with Crippen molar-refractivity contribution in [2.75, 3.05) is 0 Å². The van der Waals surface area contributed by atoms with Crippen molar-refractivity contribution in [3.05, 3.63) is 66.2 Å². The fourth-order valence-corrected chi connectivity index (χ4v) is 3.08. The Morgan fingerprint density at radius 2 is 1.61 bits per heavy atom. The van der Waals surface area contributed by atoms with E-state index in [0.29, 0.717) is 22.0 Å². The van der Waals surface area contributed by atoms with Crippen molar-refractivity contribution in [2.45, 2.75) is 4.90 Å². The monoisotopic (exact) mass is 327 g/mol. The molecule has 2 N–H and O–H groups in total. The van der Waals surface area contributed by atoms with Crippen molar-refractivity contribution in [2.24, 2.45) is 4.99 Å². The minimum Gasteiger partial charge on any atom is -0.507 e. The van der Waals surface area contributed by atoms with Gasteiger partial charge in [0.2, 0.25) is 0 Å². The molecule has 0 unspecified atom stereocenters. The van der Waals surface area contributed by atoms with Crippen LogP contribution in [0.25, 0.3) is 10.8 Å². The molecule has 0 saturated heterocycles. The Bertz CT molecular complexity index is 1000. The lowest BCUT2D eigenvalue weighted by molar-refractivity contribution is 0.474. The molecule has 0 aliphatic rings. The molecule has 0 aliphatic carbocycles. The van der Waals surface area contributed by atoms with Crippen LogP contribution in [-0.4, -0.2) is 24.3 Å². The summed E-state index contributed by atoms with van der Waals surface area (Å²) in [7, 11) is -4.37. The predicted molar refractivity (Wildman–Crippen MR) is 89.1 cm³/mol. The summed E-state index contributed by atoms with van der Waals surface area (Å²) >= 11 is 0. The molecule has 6 heteroatoms. The van der Waals surface area contributed by atoms with Gasteiger partial charge in [0, 0.05) is 17.2 Å². The molecule has 3 aromatic carbocycles. The molecule has 0 radical (unpaired) electrons. The number of aromatic hydroxyl groups is 1. The number of nitrogens with zero attached hydrogens (tertiary/aromatic N) is 1. The molecule has 3 rings (SSSR count). The van der Waals surface area contributed by atoms with Gasteiger partial charge in [-0.1, -0.05) is 36.4 Å². The van der Waals surface area contributed by atoms with Gasteiger partial charge in [-0.2, -0.15) is 8.42 Å². The average Bonchev–Trinajstić information content (AvgIpc) is 2.52. The third kappa shape index (κ3) is 3.08. The maximum atomic E-state index is 11.6. The minimum absolute atomic E-state index is 0.0755. The molecule has 0 saturated carbocycles. The quantitative estimate of drug-likeness (QED) is 0.569. The van der Waals surface area contributed by atoms with Gasteiger partial charge in [0.15, 0.2) is 0 Å². The molecular weight excluding hydrogens is 314 g/mol. The Hall–Kier alpha value is -2.70. The van der Waals surface area contributed by atoms with Gasteiger partial charge in [-0.3, -0.25) is 9.55 Å². The van der Waals surface area contributed by atoms with Crippen LogP contribution in [0.3, 0.4) is 0 Å². The first-order chi connectivity index (χ1) is 11.0. The van der Waals surface area contributed by atoms with Gasteiger partial charge in [-0.25, -0.2) is 0 Å². The SMILES string of the molecule is O=S(=O)(O)c1cccc2cccc(N=Cc3ccccc3O)c12. The van der Waals surface area contributed by atoms with Gasteiger partial charge in [0.25, 0.3) is 10.1 Å². The highest BCUT2D eigenvalue weighted by atomic mass is 32.2. The van der Waals surface area contributed by atoms with Crippen molar-refractivity contribution in [3.8, 4) is 5.75 Å². The van der Waals surface area contributed by atoms with E-state index in [0.717, 1.165) is 0 Å². The fourth-order valence-electron chi connectivity index (χ4n) is 2.35. The van der Waals surface area contributed by atoms with Crippen molar-refractivity contribution < 1.29 is 18.1 Å². The van der Waals surface area contributed by atoms with Crippen LogP contribution in [0.2, 0.25) is 0 Å². The highest BCUT2D eigenvalue weighted by Gasteiger charge is 2.16. The summed E-state index contributed by atoms with van der Waals surface area (Å²) < 4.78 is 32.6. The van der Waals surface area contributed by atoms with E-state index in [1.165, 1.54) is 18.3 Å². The molecule has 3 aromatic rings. The second kappa shape index (κ2) is 5.83. The normalized spacial score (nSPS) is 12.0. The van der Waals surface area contributed by atoms with Crippen LogP contribution in [0.15, 0.2) is 70.6 Å².